The molecule has 0 atom stereocenters. The van der Waals surface area contributed by atoms with Crippen LogP contribution in [0, 0.1) is 0 Å². The molecule has 0 bridgehead atoms. The second-order valence-corrected chi connectivity index (χ2v) is 7.08. The largest absolute Gasteiger partial charge is 0.392 e. The van der Waals surface area contributed by atoms with Crippen LogP contribution in [0.25, 0.3) is 0 Å². The van der Waals surface area contributed by atoms with Gasteiger partial charge in [0.1, 0.15) is 0 Å². The second kappa shape index (κ2) is 5.69. The molecule has 94 valence electrons. The van der Waals surface area contributed by atoms with Crippen molar-refractivity contribution in [3.63, 3.8) is 0 Å². The van der Waals surface area contributed by atoms with Crippen LogP contribution < -0.4 is 5.73 Å². The van der Waals surface area contributed by atoms with Crippen LogP contribution in [0.1, 0.15) is 17.7 Å². The van der Waals surface area contributed by atoms with Crippen LogP contribution in [0.3, 0.4) is 0 Å². The first-order valence-electron chi connectivity index (χ1n) is 5.76. The van der Waals surface area contributed by atoms with Gasteiger partial charge in [-0.1, -0.05) is 18.3 Å². The molecule has 2 rings (SSSR count). The van der Waals surface area contributed by atoms with Gasteiger partial charge in [0, 0.05) is 24.5 Å². The molecule has 1 fully saturated rings. The van der Waals surface area contributed by atoms with Crippen LogP contribution in [-0.4, -0.2) is 34.0 Å². The van der Waals surface area contributed by atoms with E-state index in [1.165, 1.54) is 4.88 Å². The highest BCUT2D eigenvalue weighted by molar-refractivity contribution is 8.02. The van der Waals surface area contributed by atoms with Crippen molar-refractivity contribution in [2.24, 2.45) is 5.73 Å². The Hall–Kier alpha value is -0.100. The second-order valence-electron chi connectivity index (χ2n) is 4.42. The molecule has 2 heterocycles. The minimum atomic E-state index is 0.0429. The number of thioether (sulfide) groups is 1. The molecule has 2 nitrogen and oxygen atoms in total. The Morgan fingerprint density at radius 1 is 1.59 bits per heavy atom. The van der Waals surface area contributed by atoms with E-state index in [1.54, 1.807) is 0 Å². The number of rotatable bonds is 4. The standard InChI is InChI=1S/C12H18N2S3/c1-16-12(11(13)15)4-6-14(7-5-12)9-10-3-2-8-17-10/h2-3,8H,4-7,9H2,1H3,(H2,13,15). The van der Waals surface area contributed by atoms with Gasteiger partial charge in [-0.05, 0) is 30.5 Å². The molecule has 5 heteroatoms. The lowest BCUT2D eigenvalue weighted by molar-refractivity contribution is 0.214. The Morgan fingerprint density at radius 3 is 2.76 bits per heavy atom. The molecule has 1 saturated heterocycles. The minimum Gasteiger partial charge on any atom is -0.392 e. The molecule has 17 heavy (non-hydrogen) atoms. The van der Waals surface area contributed by atoms with Gasteiger partial charge in [0.25, 0.3) is 0 Å². The number of thiocarbonyl (C=S) groups is 1. The fraction of sp³-hybridized carbons (Fsp3) is 0.583. The van der Waals surface area contributed by atoms with E-state index in [1.807, 2.05) is 23.1 Å². The van der Waals surface area contributed by atoms with Crippen molar-refractivity contribution in [3.05, 3.63) is 22.4 Å². The van der Waals surface area contributed by atoms with Crippen molar-refractivity contribution < 1.29 is 0 Å². The van der Waals surface area contributed by atoms with Crippen LogP contribution in [0.4, 0.5) is 0 Å². The van der Waals surface area contributed by atoms with Gasteiger partial charge >= 0.3 is 0 Å². The molecule has 0 radical (unpaired) electrons. The molecule has 0 saturated carbocycles. The molecule has 0 spiro atoms. The smallest absolute Gasteiger partial charge is 0.0891 e. The van der Waals surface area contributed by atoms with Gasteiger partial charge in [-0.3, -0.25) is 4.90 Å². The minimum absolute atomic E-state index is 0.0429. The quantitative estimate of drug-likeness (QED) is 0.862. The topological polar surface area (TPSA) is 29.3 Å². The van der Waals surface area contributed by atoms with Crippen molar-refractivity contribution in [2.75, 3.05) is 19.3 Å². The summed E-state index contributed by atoms with van der Waals surface area (Å²) in [5.74, 6) is 0. The molecule has 1 aromatic heterocycles. The van der Waals surface area contributed by atoms with Gasteiger partial charge in [0.15, 0.2) is 0 Å². The number of thiophene rings is 1. The summed E-state index contributed by atoms with van der Waals surface area (Å²) in [6, 6.07) is 4.32. The van der Waals surface area contributed by atoms with Crippen LogP contribution in [-0.2, 0) is 6.54 Å². The van der Waals surface area contributed by atoms with Crippen LogP contribution in [0.5, 0.6) is 0 Å². The Kier molecular flexibility index (Phi) is 4.47. The fourth-order valence-corrected chi connectivity index (χ4v) is 4.24. The van der Waals surface area contributed by atoms with E-state index in [0.29, 0.717) is 4.99 Å². The molecule has 1 aliphatic rings. The molecular formula is C12H18N2S3. The summed E-state index contributed by atoms with van der Waals surface area (Å²) in [4.78, 5) is 4.62. The first-order chi connectivity index (χ1) is 8.16. The van der Waals surface area contributed by atoms with Gasteiger partial charge in [-0.25, -0.2) is 0 Å². The highest BCUT2D eigenvalue weighted by atomic mass is 32.2. The van der Waals surface area contributed by atoms with Gasteiger partial charge in [-0.2, -0.15) is 11.8 Å². The van der Waals surface area contributed by atoms with E-state index in [-0.39, 0.29) is 4.75 Å². The Morgan fingerprint density at radius 2 is 2.29 bits per heavy atom. The first-order valence-corrected chi connectivity index (χ1v) is 8.27. The summed E-state index contributed by atoms with van der Waals surface area (Å²) < 4.78 is 0.0429. The maximum Gasteiger partial charge on any atom is 0.0891 e. The summed E-state index contributed by atoms with van der Waals surface area (Å²) in [5, 5.41) is 2.14. The number of hydrogen-bond donors (Lipinski definition) is 1. The van der Waals surface area contributed by atoms with Crippen LogP contribution >= 0.6 is 35.3 Å². The average Bonchev–Trinajstić information content (AvgIpc) is 2.83. The summed E-state index contributed by atoms with van der Waals surface area (Å²) in [7, 11) is 0. The highest BCUT2D eigenvalue weighted by Gasteiger charge is 2.36. The first kappa shape index (κ1) is 13.3. The normalized spacial score (nSPS) is 20.3. The number of likely N-dealkylation sites (tertiary alicyclic amines) is 1. The lowest BCUT2D eigenvalue weighted by Crippen LogP contribution is -2.48. The number of piperidine rings is 1. The maximum absolute atomic E-state index is 5.89. The van der Waals surface area contributed by atoms with E-state index < -0.39 is 0 Å². The molecule has 0 aliphatic carbocycles. The summed E-state index contributed by atoms with van der Waals surface area (Å²) in [5.41, 5.74) is 5.89. The highest BCUT2D eigenvalue weighted by Crippen LogP contribution is 2.35. The monoisotopic (exact) mass is 286 g/mol. The number of nitrogens with zero attached hydrogens (tertiary/aromatic N) is 1. The van der Waals surface area contributed by atoms with Crippen LogP contribution in [0.2, 0.25) is 0 Å². The van der Waals surface area contributed by atoms with Gasteiger partial charge in [0.05, 0.1) is 9.74 Å². The predicted octanol–water partition coefficient (Wildman–Crippen LogP) is 2.73. The lowest BCUT2D eigenvalue weighted by Gasteiger charge is -2.39. The zero-order valence-corrected chi connectivity index (χ0v) is 12.5. The van der Waals surface area contributed by atoms with Gasteiger partial charge in [0.2, 0.25) is 0 Å². The summed E-state index contributed by atoms with van der Waals surface area (Å²) in [6.07, 6.45) is 4.28. The Balaban J connectivity index is 1.91. The van der Waals surface area contributed by atoms with Crippen molar-refractivity contribution in [1.29, 1.82) is 0 Å². The SMILES string of the molecule is CSC1(C(N)=S)CCN(Cc2cccs2)CC1. The Bertz CT molecular complexity index is 367. The summed E-state index contributed by atoms with van der Waals surface area (Å²) in [6.45, 7) is 3.26. The molecule has 0 amide bonds. The Labute approximate surface area is 117 Å². The zero-order valence-electron chi connectivity index (χ0n) is 10.0. The predicted molar refractivity (Wildman–Crippen MR) is 81.9 cm³/mol. The molecule has 0 aromatic carbocycles. The van der Waals surface area contributed by atoms with Crippen molar-refractivity contribution in [2.45, 2.75) is 24.1 Å². The van der Waals surface area contributed by atoms with Crippen molar-refractivity contribution in [3.8, 4) is 0 Å². The van der Waals surface area contributed by atoms with E-state index in [0.717, 1.165) is 32.5 Å². The van der Waals surface area contributed by atoms with E-state index in [9.17, 15) is 0 Å². The van der Waals surface area contributed by atoms with E-state index >= 15 is 0 Å². The molecule has 1 aliphatic heterocycles. The number of nitrogens with two attached hydrogens (primary N) is 1. The van der Waals surface area contributed by atoms with Crippen molar-refractivity contribution >= 4 is 40.3 Å². The molecule has 0 unspecified atom stereocenters. The molecular weight excluding hydrogens is 268 g/mol. The summed E-state index contributed by atoms with van der Waals surface area (Å²) >= 11 is 8.87. The van der Waals surface area contributed by atoms with E-state index in [4.69, 9.17) is 18.0 Å². The third-order valence-electron chi connectivity index (χ3n) is 3.46. The lowest BCUT2D eigenvalue weighted by atomic mass is 9.95. The van der Waals surface area contributed by atoms with Crippen LogP contribution in [0.15, 0.2) is 17.5 Å². The molecule has 1 aromatic rings. The third-order valence-corrected chi connectivity index (χ3v) is 6.25. The maximum atomic E-state index is 5.89. The van der Waals surface area contributed by atoms with E-state index in [2.05, 4.69) is 28.7 Å². The van der Waals surface area contributed by atoms with Gasteiger partial charge in [-0.15, -0.1) is 11.3 Å². The third kappa shape index (κ3) is 3.02. The zero-order chi connectivity index (χ0) is 12.3. The van der Waals surface area contributed by atoms with Crippen molar-refractivity contribution in [1.82, 2.24) is 4.90 Å². The number of hydrogen-bond acceptors (Lipinski definition) is 4. The average molecular weight is 286 g/mol. The fourth-order valence-electron chi connectivity index (χ4n) is 2.25. The molecule has 2 N–H and O–H groups in total. The van der Waals surface area contributed by atoms with Gasteiger partial charge < -0.3 is 5.73 Å².